The third kappa shape index (κ3) is 1.57. The highest BCUT2D eigenvalue weighted by atomic mass is 28.4. The van der Waals surface area contributed by atoms with E-state index < -0.39 is 8.72 Å². The molecule has 0 amide bonds. The maximum atomic E-state index is 5.56. The Kier molecular flexibility index (Phi) is 3.28. The summed E-state index contributed by atoms with van der Waals surface area (Å²) in [5.41, 5.74) is 0. The van der Waals surface area contributed by atoms with Crippen molar-refractivity contribution in [2.75, 3.05) is 20.8 Å². The fourth-order valence-electron chi connectivity index (χ4n) is 1.96. The van der Waals surface area contributed by atoms with Gasteiger partial charge < -0.3 is 8.85 Å². The summed E-state index contributed by atoms with van der Waals surface area (Å²) in [6, 6.07) is 1.65. The molecule has 1 heterocycles. The largest absolute Gasteiger partial charge is 0.427 e. The van der Waals surface area contributed by atoms with Crippen LogP contribution in [0.15, 0.2) is 0 Å². The van der Waals surface area contributed by atoms with Crippen LogP contribution in [-0.4, -0.2) is 40.1 Å². The highest BCUT2D eigenvalue weighted by Crippen LogP contribution is 2.28. The van der Waals surface area contributed by atoms with Crippen LogP contribution in [0.5, 0.6) is 0 Å². The maximum Gasteiger partial charge on any atom is 0.427 e. The molecule has 0 aromatic rings. The van der Waals surface area contributed by atoms with E-state index in [1.807, 2.05) is 0 Å². The van der Waals surface area contributed by atoms with E-state index in [1.165, 1.54) is 6.42 Å². The van der Waals surface area contributed by atoms with Gasteiger partial charge in [-0.2, -0.15) is 0 Å². The number of nitrogens with zero attached hydrogens (tertiary/aromatic N) is 1. The highest BCUT2D eigenvalue weighted by molar-refractivity contribution is 6.65. The molecule has 0 aromatic heterocycles. The maximum absolute atomic E-state index is 5.56. The third-order valence-corrected chi connectivity index (χ3v) is 6.47. The summed E-state index contributed by atoms with van der Waals surface area (Å²) in [5, 5.41) is 0. The molecule has 0 radical (unpaired) electrons. The molecule has 1 fully saturated rings. The molecule has 0 spiro atoms. The molecule has 72 valence electrons. The third-order valence-electron chi connectivity index (χ3n) is 2.59. The van der Waals surface area contributed by atoms with E-state index in [0.29, 0.717) is 6.04 Å². The summed E-state index contributed by atoms with van der Waals surface area (Å²) in [5.74, 6) is 0. The van der Waals surface area contributed by atoms with Crippen molar-refractivity contribution in [1.82, 2.24) is 4.57 Å². The van der Waals surface area contributed by atoms with Crippen LogP contribution >= 0.6 is 0 Å². The van der Waals surface area contributed by atoms with Crippen molar-refractivity contribution in [3.05, 3.63) is 0 Å². The molecule has 4 heteroatoms. The quantitative estimate of drug-likeness (QED) is 0.625. The Morgan fingerprint density at radius 1 is 1.25 bits per heavy atom. The van der Waals surface area contributed by atoms with Crippen LogP contribution in [-0.2, 0) is 8.85 Å². The van der Waals surface area contributed by atoms with Gasteiger partial charge in [0.05, 0.1) is 0 Å². The second-order valence-corrected chi connectivity index (χ2v) is 6.83. The molecule has 0 atom stereocenters. The van der Waals surface area contributed by atoms with Crippen molar-refractivity contribution in [2.45, 2.75) is 32.4 Å². The van der Waals surface area contributed by atoms with E-state index in [4.69, 9.17) is 8.85 Å². The summed E-state index contributed by atoms with van der Waals surface area (Å²) >= 11 is 0. The van der Waals surface area contributed by atoms with Gasteiger partial charge in [-0.3, -0.25) is 4.57 Å². The predicted molar refractivity (Wildman–Crippen MR) is 51.0 cm³/mol. The molecule has 1 aliphatic heterocycles. The molecule has 0 N–H and O–H groups in total. The molecule has 0 saturated carbocycles. The first kappa shape index (κ1) is 10.2. The monoisotopic (exact) mass is 189 g/mol. The Bertz CT molecular complexity index is 148. The molecule has 3 nitrogen and oxygen atoms in total. The molecule has 1 rings (SSSR count). The Balaban J connectivity index is 2.72. The fraction of sp³-hybridized carbons (Fsp3) is 1.00. The van der Waals surface area contributed by atoms with E-state index in [9.17, 15) is 0 Å². The zero-order chi connectivity index (χ0) is 9.19. The average Bonchev–Trinajstić information content (AvgIpc) is 2.48. The molecular formula is C8H19NO2Si. The van der Waals surface area contributed by atoms with Gasteiger partial charge in [0.1, 0.15) is 0 Å². The molecule has 0 aromatic carbocycles. The molecule has 1 saturated heterocycles. The SMILES string of the molecule is CO[Si]1(OC)CCCN1C(C)C. The Morgan fingerprint density at radius 2 is 1.83 bits per heavy atom. The average molecular weight is 189 g/mol. The topological polar surface area (TPSA) is 21.7 Å². The van der Waals surface area contributed by atoms with E-state index in [1.54, 1.807) is 14.2 Å². The van der Waals surface area contributed by atoms with Gasteiger partial charge in [-0.15, -0.1) is 0 Å². The Hall–Kier alpha value is 0.0969. The van der Waals surface area contributed by atoms with Crippen molar-refractivity contribution < 1.29 is 8.85 Å². The van der Waals surface area contributed by atoms with Crippen LogP contribution in [0.4, 0.5) is 0 Å². The van der Waals surface area contributed by atoms with Crippen LogP contribution in [0.25, 0.3) is 0 Å². The second kappa shape index (κ2) is 3.87. The first-order valence-corrected chi connectivity index (χ1v) is 6.50. The lowest BCUT2D eigenvalue weighted by molar-refractivity contribution is 0.167. The van der Waals surface area contributed by atoms with E-state index in [2.05, 4.69) is 18.4 Å². The van der Waals surface area contributed by atoms with Crippen molar-refractivity contribution in [3.8, 4) is 0 Å². The van der Waals surface area contributed by atoms with Gasteiger partial charge in [0, 0.05) is 26.3 Å². The van der Waals surface area contributed by atoms with Gasteiger partial charge in [-0.1, -0.05) is 13.8 Å². The highest BCUT2D eigenvalue weighted by Gasteiger charge is 2.48. The molecule has 12 heavy (non-hydrogen) atoms. The minimum Gasteiger partial charge on any atom is -0.386 e. The van der Waals surface area contributed by atoms with Crippen LogP contribution in [0.1, 0.15) is 20.3 Å². The normalized spacial score (nSPS) is 23.8. The van der Waals surface area contributed by atoms with Gasteiger partial charge in [-0.05, 0) is 13.0 Å². The zero-order valence-electron chi connectivity index (χ0n) is 8.46. The van der Waals surface area contributed by atoms with E-state index in [0.717, 1.165) is 12.6 Å². The summed E-state index contributed by atoms with van der Waals surface area (Å²) < 4.78 is 13.5. The Morgan fingerprint density at radius 3 is 2.17 bits per heavy atom. The van der Waals surface area contributed by atoms with Gasteiger partial charge in [0.25, 0.3) is 0 Å². The lowest BCUT2D eigenvalue weighted by atomic mass is 10.4. The molecule has 0 unspecified atom stereocenters. The van der Waals surface area contributed by atoms with Crippen molar-refractivity contribution in [3.63, 3.8) is 0 Å². The first-order chi connectivity index (χ1) is 5.66. The van der Waals surface area contributed by atoms with Crippen molar-refractivity contribution in [2.24, 2.45) is 0 Å². The van der Waals surface area contributed by atoms with Crippen LogP contribution in [0.2, 0.25) is 6.04 Å². The first-order valence-electron chi connectivity index (χ1n) is 4.53. The summed E-state index contributed by atoms with van der Waals surface area (Å²) in [4.78, 5) is 0. The molecular weight excluding hydrogens is 170 g/mol. The lowest BCUT2D eigenvalue weighted by Gasteiger charge is -2.34. The van der Waals surface area contributed by atoms with E-state index in [-0.39, 0.29) is 0 Å². The minimum absolute atomic E-state index is 0.541. The van der Waals surface area contributed by atoms with E-state index >= 15 is 0 Å². The number of hydrogen-bond donors (Lipinski definition) is 0. The zero-order valence-corrected chi connectivity index (χ0v) is 9.46. The standard InChI is InChI=1S/C8H19NO2Si/c1-8(2)9-6-5-7-12(9,10-3)11-4/h8H,5-7H2,1-4H3. The summed E-state index contributed by atoms with van der Waals surface area (Å²) in [7, 11) is 1.61. The molecule has 0 bridgehead atoms. The van der Waals surface area contributed by atoms with Crippen LogP contribution in [0.3, 0.4) is 0 Å². The fourth-order valence-corrected chi connectivity index (χ4v) is 5.18. The lowest BCUT2D eigenvalue weighted by Crippen LogP contribution is -2.55. The molecule has 1 aliphatic rings. The number of rotatable bonds is 3. The van der Waals surface area contributed by atoms with Gasteiger partial charge in [0.15, 0.2) is 0 Å². The van der Waals surface area contributed by atoms with Gasteiger partial charge >= 0.3 is 8.72 Å². The minimum atomic E-state index is -1.94. The Labute approximate surface area is 76.0 Å². The number of hydrogen-bond acceptors (Lipinski definition) is 3. The second-order valence-electron chi connectivity index (χ2n) is 3.51. The molecule has 0 aliphatic carbocycles. The van der Waals surface area contributed by atoms with Crippen molar-refractivity contribution in [1.29, 1.82) is 0 Å². The predicted octanol–water partition coefficient (Wildman–Crippen LogP) is 1.33. The van der Waals surface area contributed by atoms with Crippen LogP contribution in [0, 0.1) is 0 Å². The van der Waals surface area contributed by atoms with Crippen LogP contribution < -0.4 is 0 Å². The van der Waals surface area contributed by atoms with Gasteiger partial charge in [-0.25, -0.2) is 0 Å². The smallest absolute Gasteiger partial charge is 0.386 e. The summed E-state index contributed by atoms with van der Waals surface area (Å²) in [6.45, 7) is 5.53. The van der Waals surface area contributed by atoms with Crippen molar-refractivity contribution >= 4 is 8.72 Å². The van der Waals surface area contributed by atoms with Gasteiger partial charge in [0.2, 0.25) is 0 Å². The summed E-state index contributed by atoms with van der Waals surface area (Å²) in [6.07, 6.45) is 1.21.